The van der Waals surface area contributed by atoms with E-state index in [9.17, 15) is 13.6 Å². The number of nitrogens with zero attached hydrogens (tertiary/aromatic N) is 3. The van der Waals surface area contributed by atoms with Crippen molar-refractivity contribution >= 4 is 11.9 Å². The van der Waals surface area contributed by atoms with Crippen molar-refractivity contribution in [1.29, 1.82) is 0 Å². The largest absolute Gasteiger partial charge is 0.465 e. The van der Waals surface area contributed by atoms with E-state index < -0.39 is 17.6 Å². The quantitative estimate of drug-likeness (QED) is 0.459. The molecule has 36 heavy (non-hydrogen) atoms. The molecule has 4 heterocycles. The normalized spacial score (nSPS) is 23.2. The van der Waals surface area contributed by atoms with Gasteiger partial charge in [0, 0.05) is 47.5 Å². The summed E-state index contributed by atoms with van der Waals surface area (Å²) in [7, 11) is 1.33. The first-order valence-corrected chi connectivity index (χ1v) is 12.5. The average Bonchev–Trinajstić information content (AvgIpc) is 3.59. The van der Waals surface area contributed by atoms with Crippen LogP contribution in [0.3, 0.4) is 0 Å². The van der Waals surface area contributed by atoms with Crippen molar-refractivity contribution < 1.29 is 23.0 Å². The van der Waals surface area contributed by atoms with Gasteiger partial charge in [-0.1, -0.05) is 6.07 Å². The van der Waals surface area contributed by atoms with Crippen molar-refractivity contribution in [1.82, 2.24) is 15.0 Å². The predicted octanol–water partition coefficient (Wildman–Crippen LogP) is 5.13. The van der Waals surface area contributed by atoms with Gasteiger partial charge in [0.25, 0.3) is 0 Å². The van der Waals surface area contributed by atoms with E-state index >= 15 is 0 Å². The van der Waals surface area contributed by atoms with E-state index in [1.807, 2.05) is 0 Å². The van der Waals surface area contributed by atoms with Crippen LogP contribution in [0.5, 0.6) is 0 Å². The Labute approximate surface area is 207 Å². The number of halogens is 2. The molecule has 2 aromatic heterocycles. The Morgan fingerprint density at radius 2 is 1.75 bits per heavy atom. The number of H-pyrrole nitrogens is 1. The Kier molecular flexibility index (Phi) is 5.95. The van der Waals surface area contributed by atoms with E-state index in [0.717, 1.165) is 49.8 Å². The number of methoxy groups -OCH3 is 1. The first-order chi connectivity index (χ1) is 17.5. The summed E-state index contributed by atoms with van der Waals surface area (Å²) >= 11 is 0. The fourth-order valence-corrected chi connectivity index (χ4v) is 5.81. The van der Waals surface area contributed by atoms with Crippen LogP contribution in [0, 0.1) is 11.6 Å². The number of hydrogen-bond acceptors (Lipinski definition) is 6. The number of ether oxygens (including phenoxy) is 2. The van der Waals surface area contributed by atoms with Gasteiger partial charge in [0.15, 0.2) is 0 Å². The average molecular weight is 495 g/mol. The van der Waals surface area contributed by atoms with Gasteiger partial charge in [-0.05, 0) is 56.6 Å². The molecule has 1 saturated carbocycles. The first kappa shape index (κ1) is 23.1. The Morgan fingerprint density at radius 3 is 2.36 bits per heavy atom. The predicted molar refractivity (Wildman–Crippen MR) is 129 cm³/mol. The van der Waals surface area contributed by atoms with Crippen molar-refractivity contribution in [2.45, 2.75) is 69.2 Å². The second-order valence-corrected chi connectivity index (χ2v) is 9.93. The molecule has 3 aliphatic rings. The number of aromatic amines is 1. The minimum atomic E-state index is -0.567. The zero-order chi connectivity index (χ0) is 24.8. The van der Waals surface area contributed by atoms with Crippen molar-refractivity contribution in [2.75, 3.05) is 12.0 Å². The first-order valence-electron chi connectivity index (χ1n) is 12.5. The molecule has 1 aromatic carbocycles. The zero-order valence-corrected chi connectivity index (χ0v) is 20.0. The molecule has 0 spiro atoms. The van der Waals surface area contributed by atoms with E-state index in [1.165, 1.54) is 37.7 Å². The molecule has 7 nitrogen and oxygen atoms in total. The third kappa shape index (κ3) is 4.15. The third-order valence-electron chi connectivity index (χ3n) is 7.68. The highest BCUT2D eigenvalue weighted by Crippen LogP contribution is 2.45. The van der Waals surface area contributed by atoms with Crippen LogP contribution in [0.25, 0.3) is 11.1 Å². The number of anilines is 1. The SMILES string of the molecule is COC(=O)c1cnc(N2C3CCC2CC(OCc2c(-c4c(F)cccc4F)c[nH]c2C2CC2)C3)nc1. The molecule has 2 aliphatic heterocycles. The summed E-state index contributed by atoms with van der Waals surface area (Å²) in [6.45, 7) is 0.312. The maximum absolute atomic E-state index is 14.6. The summed E-state index contributed by atoms with van der Waals surface area (Å²) in [6, 6.07) is 4.46. The van der Waals surface area contributed by atoms with Crippen LogP contribution in [-0.2, 0) is 16.1 Å². The number of piperidine rings is 1. The number of fused-ring (bicyclic) bond motifs is 2. The van der Waals surface area contributed by atoms with Crippen LogP contribution < -0.4 is 4.90 Å². The van der Waals surface area contributed by atoms with Gasteiger partial charge in [0.2, 0.25) is 5.95 Å². The van der Waals surface area contributed by atoms with Gasteiger partial charge in [0.05, 0.1) is 30.9 Å². The minimum absolute atomic E-state index is 0.00156. The topological polar surface area (TPSA) is 80.3 Å². The van der Waals surface area contributed by atoms with Crippen LogP contribution in [0.15, 0.2) is 36.8 Å². The lowest BCUT2D eigenvalue weighted by Gasteiger charge is -2.38. The van der Waals surface area contributed by atoms with Gasteiger partial charge in [-0.2, -0.15) is 0 Å². The second kappa shape index (κ2) is 9.28. The molecular formula is C27H28F2N4O3. The highest BCUT2D eigenvalue weighted by Gasteiger charge is 2.42. The van der Waals surface area contributed by atoms with Crippen molar-refractivity contribution in [2.24, 2.45) is 0 Å². The lowest BCUT2D eigenvalue weighted by molar-refractivity contribution is 0.0148. The number of benzene rings is 1. The highest BCUT2D eigenvalue weighted by atomic mass is 19.1. The van der Waals surface area contributed by atoms with E-state index in [1.54, 1.807) is 6.20 Å². The van der Waals surface area contributed by atoms with Gasteiger partial charge in [-0.15, -0.1) is 0 Å². The third-order valence-corrected chi connectivity index (χ3v) is 7.68. The molecule has 0 radical (unpaired) electrons. The molecule has 2 unspecified atom stereocenters. The van der Waals surface area contributed by atoms with Gasteiger partial charge < -0.3 is 19.4 Å². The van der Waals surface area contributed by atoms with Crippen LogP contribution in [0.2, 0.25) is 0 Å². The Morgan fingerprint density at radius 1 is 1.08 bits per heavy atom. The Bertz CT molecular complexity index is 1240. The van der Waals surface area contributed by atoms with E-state index in [-0.39, 0.29) is 23.8 Å². The van der Waals surface area contributed by atoms with Crippen LogP contribution in [-0.4, -0.2) is 46.2 Å². The molecule has 0 amide bonds. The molecule has 2 saturated heterocycles. The molecule has 1 N–H and O–H groups in total. The number of carbonyl (C=O) groups is 1. The zero-order valence-electron chi connectivity index (χ0n) is 20.0. The maximum atomic E-state index is 14.6. The number of rotatable bonds is 7. The van der Waals surface area contributed by atoms with Crippen molar-refractivity contribution in [3.05, 3.63) is 65.2 Å². The minimum Gasteiger partial charge on any atom is -0.465 e. The van der Waals surface area contributed by atoms with Crippen molar-refractivity contribution in [3.8, 4) is 11.1 Å². The van der Waals surface area contributed by atoms with Gasteiger partial charge in [-0.3, -0.25) is 0 Å². The van der Waals surface area contributed by atoms with E-state index in [2.05, 4.69) is 19.9 Å². The summed E-state index contributed by atoms with van der Waals surface area (Å²) < 4.78 is 40.4. The lowest BCUT2D eigenvalue weighted by atomic mass is 9.99. The lowest BCUT2D eigenvalue weighted by Crippen LogP contribution is -2.46. The van der Waals surface area contributed by atoms with Crippen LogP contribution >= 0.6 is 0 Å². The number of aromatic nitrogens is 3. The van der Waals surface area contributed by atoms with E-state index in [4.69, 9.17) is 9.47 Å². The molecule has 2 bridgehead atoms. The fraction of sp³-hybridized carbons (Fsp3) is 0.444. The van der Waals surface area contributed by atoms with Gasteiger partial charge >= 0.3 is 5.97 Å². The van der Waals surface area contributed by atoms with Gasteiger partial charge in [-0.25, -0.2) is 23.5 Å². The summed E-state index contributed by atoms with van der Waals surface area (Å²) in [4.78, 5) is 26.1. The number of hydrogen-bond donors (Lipinski definition) is 1. The molecule has 188 valence electrons. The monoisotopic (exact) mass is 494 g/mol. The Hall–Kier alpha value is -3.33. The number of esters is 1. The smallest absolute Gasteiger partial charge is 0.341 e. The van der Waals surface area contributed by atoms with Crippen LogP contribution in [0.1, 0.15) is 66.1 Å². The van der Waals surface area contributed by atoms with E-state index in [0.29, 0.717) is 29.6 Å². The summed E-state index contributed by atoms with van der Waals surface area (Å²) in [5, 5.41) is 0. The molecule has 3 aromatic rings. The fourth-order valence-electron chi connectivity index (χ4n) is 5.81. The summed E-state index contributed by atoms with van der Waals surface area (Å²) in [6.07, 6.45) is 10.6. The van der Waals surface area contributed by atoms with Gasteiger partial charge in [0.1, 0.15) is 11.6 Å². The second-order valence-electron chi connectivity index (χ2n) is 9.93. The Balaban J connectivity index is 1.18. The molecule has 2 atom stereocenters. The molecular weight excluding hydrogens is 466 g/mol. The number of carbonyl (C=O) groups excluding carboxylic acids is 1. The molecule has 9 heteroatoms. The molecule has 6 rings (SSSR count). The highest BCUT2D eigenvalue weighted by molar-refractivity contribution is 5.88. The maximum Gasteiger partial charge on any atom is 0.341 e. The van der Waals surface area contributed by atoms with Crippen molar-refractivity contribution in [3.63, 3.8) is 0 Å². The number of nitrogens with one attached hydrogen (secondary N) is 1. The summed E-state index contributed by atoms with van der Waals surface area (Å²) in [5.74, 6) is -0.575. The molecule has 1 aliphatic carbocycles. The van der Waals surface area contributed by atoms with Crippen LogP contribution in [0.4, 0.5) is 14.7 Å². The standard InChI is InChI=1S/C27H28F2N4O3/c1-35-26(34)16-11-31-27(32-12-16)33-17-7-8-18(33)10-19(9-17)36-14-21-20(13-30-25(21)15-5-6-15)24-22(28)3-2-4-23(24)29/h2-4,11-13,15,17-19,30H,5-10,14H2,1H3. The molecule has 3 fully saturated rings. The summed E-state index contributed by atoms with van der Waals surface area (Å²) in [5.41, 5.74) is 2.77.